The maximum atomic E-state index is 12.5. The van der Waals surface area contributed by atoms with Crippen LogP contribution < -0.4 is 19.7 Å². The Morgan fingerprint density at radius 1 is 1.38 bits per heavy atom. The summed E-state index contributed by atoms with van der Waals surface area (Å²) in [5, 5.41) is 14.4. The summed E-state index contributed by atoms with van der Waals surface area (Å²) in [5.41, 5.74) is 1.58. The van der Waals surface area contributed by atoms with Crippen LogP contribution in [-0.2, 0) is 4.79 Å². The summed E-state index contributed by atoms with van der Waals surface area (Å²) in [6, 6.07) is 9.79. The van der Waals surface area contributed by atoms with Gasteiger partial charge in [-0.05, 0) is 29.6 Å². The van der Waals surface area contributed by atoms with Gasteiger partial charge in [0.05, 0.1) is 31.9 Å². The number of ether oxygens (including phenoxy) is 2. The first kappa shape index (κ1) is 18.2. The second-order valence-corrected chi connectivity index (χ2v) is 7.13. The number of quaternary nitrogens is 1. The van der Waals surface area contributed by atoms with Crippen LogP contribution in [0.25, 0.3) is 0 Å². The lowest BCUT2D eigenvalue weighted by Crippen LogP contribution is -3.11. The van der Waals surface area contributed by atoms with Crippen LogP contribution in [0.4, 0.5) is 5.00 Å². The molecule has 1 unspecified atom stereocenters. The summed E-state index contributed by atoms with van der Waals surface area (Å²) in [6.07, 6.45) is 2.05. The SMILES string of the molecule is COc1ccc(OC)c([C@H]2CCC[NH+]2CC(=O)Nc2sccc2C#N)c1. The molecule has 2 N–H and O–H groups in total. The van der Waals surface area contributed by atoms with Gasteiger partial charge in [-0.3, -0.25) is 4.79 Å². The first-order valence-electron chi connectivity index (χ1n) is 8.50. The molecule has 0 bridgehead atoms. The third kappa shape index (κ3) is 3.82. The molecule has 6 nitrogen and oxygen atoms in total. The van der Waals surface area contributed by atoms with Gasteiger partial charge < -0.3 is 19.7 Å². The fourth-order valence-electron chi connectivity index (χ4n) is 3.48. The largest absolute Gasteiger partial charge is 0.497 e. The smallest absolute Gasteiger partial charge is 0.280 e. The second kappa shape index (κ2) is 8.21. The van der Waals surface area contributed by atoms with Crippen molar-refractivity contribution in [2.75, 3.05) is 32.6 Å². The van der Waals surface area contributed by atoms with Crippen molar-refractivity contribution in [3.8, 4) is 17.6 Å². The molecular formula is C19H22N3O3S+. The Bertz CT molecular complexity index is 828. The van der Waals surface area contributed by atoms with Gasteiger partial charge in [0.15, 0.2) is 6.54 Å². The lowest BCUT2D eigenvalue weighted by Gasteiger charge is -2.23. The zero-order chi connectivity index (χ0) is 18.5. The van der Waals surface area contributed by atoms with Gasteiger partial charge in [-0.1, -0.05) is 0 Å². The molecule has 0 radical (unpaired) electrons. The molecule has 1 aliphatic heterocycles. The number of methoxy groups -OCH3 is 2. The van der Waals surface area contributed by atoms with E-state index in [-0.39, 0.29) is 11.9 Å². The van der Waals surface area contributed by atoms with Gasteiger partial charge >= 0.3 is 0 Å². The molecule has 3 rings (SSSR count). The Morgan fingerprint density at radius 2 is 2.23 bits per heavy atom. The molecule has 7 heteroatoms. The Labute approximate surface area is 156 Å². The minimum atomic E-state index is -0.0762. The summed E-state index contributed by atoms with van der Waals surface area (Å²) in [5.74, 6) is 1.53. The lowest BCUT2D eigenvalue weighted by molar-refractivity contribution is -0.910. The molecule has 1 aromatic carbocycles. The van der Waals surface area contributed by atoms with Gasteiger partial charge in [0.2, 0.25) is 0 Å². The number of nitriles is 1. The molecule has 2 atom stereocenters. The first-order valence-corrected chi connectivity index (χ1v) is 9.38. The van der Waals surface area contributed by atoms with E-state index in [9.17, 15) is 4.79 Å². The standard InChI is InChI=1S/C19H21N3O3S/c1-24-14-5-6-17(25-2)15(10-14)16-4-3-8-22(16)12-18(23)21-19-13(11-20)7-9-26-19/h5-7,9-10,16H,3-4,8,12H2,1-2H3,(H,21,23)/p+1/t16-/m1/s1. The molecule has 2 aromatic rings. The molecule has 2 heterocycles. The topological polar surface area (TPSA) is 75.8 Å². The fourth-order valence-corrected chi connectivity index (χ4v) is 4.24. The van der Waals surface area contributed by atoms with E-state index >= 15 is 0 Å². The first-order chi connectivity index (χ1) is 12.7. The Morgan fingerprint density at radius 3 is 2.96 bits per heavy atom. The molecule has 0 spiro atoms. The van der Waals surface area contributed by atoms with Crippen molar-refractivity contribution >= 4 is 22.2 Å². The molecule has 1 aliphatic rings. The predicted octanol–water partition coefficient (Wildman–Crippen LogP) is 2.00. The monoisotopic (exact) mass is 372 g/mol. The summed E-state index contributed by atoms with van der Waals surface area (Å²) in [6.45, 7) is 1.28. The molecule has 1 saturated heterocycles. The van der Waals surface area contributed by atoms with Crippen molar-refractivity contribution in [3.63, 3.8) is 0 Å². The van der Waals surface area contributed by atoms with Gasteiger partial charge in [-0.15, -0.1) is 11.3 Å². The number of hydrogen-bond acceptors (Lipinski definition) is 5. The highest BCUT2D eigenvalue weighted by Gasteiger charge is 2.34. The van der Waals surface area contributed by atoms with Gasteiger partial charge in [0.1, 0.15) is 28.6 Å². The van der Waals surface area contributed by atoms with Crippen LogP contribution in [0.5, 0.6) is 11.5 Å². The number of amides is 1. The maximum absolute atomic E-state index is 12.5. The highest BCUT2D eigenvalue weighted by atomic mass is 32.1. The van der Waals surface area contributed by atoms with Crippen LogP contribution in [0, 0.1) is 11.3 Å². The summed E-state index contributed by atoms with van der Waals surface area (Å²) in [7, 11) is 3.30. The molecule has 0 saturated carbocycles. The third-order valence-electron chi connectivity index (χ3n) is 4.72. The number of rotatable bonds is 6. The number of hydrogen-bond donors (Lipinski definition) is 2. The Kier molecular flexibility index (Phi) is 5.76. The van der Waals surface area contributed by atoms with Crippen molar-refractivity contribution in [2.45, 2.75) is 18.9 Å². The van der Waals surface area contributed by atoms with Crippen LogP contribution in [0.2, 0.25) is 0 Å². The second-order valence-electron chi connectivity index (χ2n) is 6.21. The number of carbonyl (C=O) groups excluding carboxylic acids is 1. The van der Waals surface area contributed by atoms with E-state index < -0.39 is 0 Å². The highest BCUT2D eigenvalue weighted by molar-refractivity contribution is 7.14. The minimum Gasteiger partial charge on any atom is -0.497 e. The molecule has 0 aliphatic carbocycles. The number of nitrogens with zero attached hydrogens (tertiary/aromatic N) is 1. The normalized spacial score (nSPS) is 19.0. The van der Waals surface area contributed by atoms with Crippen molar-refractivity contribution in [1.29, 1.82) is 5.26 Å². The predicted molar refractivity (Wildman–Crippen MR) is 99.9 cm³/mol. The number of benzene rings is 1. The van der Waals surface area contributed by atoms with Crippen LogP contribution in [0.15, 0.2) is 29.6 Å². The fraction of sp³-hybridized carbons (Fsp3) is 0.368. The number of likely N-dealkylation sites (tertiary alicyclic amines) is 1. The maximum Gasteiger partial charge on any atom is 0.280 e. The molecular weight excluding hydrogens is 350 g/mol. The number of anilines is 1. The van der Waals surface area contributed by atoms with E-state index in [1.54, 1.807) is 25.7 Å². The van der Waals surface area contributed by atoms with Gasteiger partial charge in [-0.25, -0.2) is 0 Å². The van der Waals surface area contributed by atoms with Crippen LogP contribution in [-0.4, -0.2) is 33.2 Å². The molecule has 1 aromatic heterocycles. The average Bonchev–Trinajstić information content (AvgIpc) is 3.30. The Balaban J connectivity index is 1.74. The minimum absolute atomic E-state index is 0.0762. The van der Waals surface area contributed by atoms with Crippen molar-refractivity contribution < 1.29 is 19.2 Å². The van der Waals surface area contributed by atoms with E-state index in [1.807, 2.05) is 18.2 Å². The van der Waals surface area contributed by atoms with Gasteiger partial charge in [0, 0.05) is 12.8 Å². The third-order valence-corrected chi connectivity index (χ3v) is 5.55. The molecule has 1 fully saturated rings. The number of carbonyl (C=O) groups is 1. The molecule has 26 heavy (non-hydrogen) atoms. The van der Waals surface area contributed by atoms with E-state index in [0.29, 0.717) is 17.1 Å². The summed E-state index contributed by atoms with van der Waals surface area (Å²) < 4.78 is 10.9. The zero-order valence-corrected chi connectivity index (χ0v) is 15.7. The zero-order valence-electron chi connectivity index (χ0n) is 14.9. The number of thiophene rings is 1. The number of nitrogens with one attached hydrogen (secondary N) is 2. The Hall–Kier alpha value is -2.56. The highest BCUT2D eigenvalue weighted by Crippen LogP contribution is 2.31. The summed E-state index contributed by atoms with van der Waals surface area (Å²) >= 11 is 1.37. The summed E-state index contributed by atoms with van der Waals surface area (Å²) in [4.78, 5) is 13.7. The quantitative estimate of drug-likeness (QED) is 0.813. The molecule has 136 valence electrons. The van der Waals surface area contributed by atoms with E-state index in [1.165, 1.54) is 16.2 Å². The average molecular weight is 372 g/mol. The van der Waals surface area contributed by atoms with E-state index in [0.717, 1.165) is 36.4 Å². The van der Waals surface area contributed by atoms with Crippen LogP contribution in [0.3, 0.4) is 0 Å². The van der Waals surface area contributed by atoms with Gasteiger partial charge in [-0.2, -0.15) is 5.26 Å². The lowest BCUT2D eigenvalue weighted by atomic mass is 10.0. The van der Waals surface area contributed by atoms with Crippen molar-refractivity contribution in [3.05, 3.63) is 40.8 Å². The van der Waals surface area contributed by atoms with Crippen LogP contribution >= 0.6 is 11.3 Å². The van der Waals surface area contributed by atoms with E-state index in [4.69, 9.17) is 14.7 Å². The van der Waals surface area contributed by atoms with Gasteiger partial charge in [0.25, 0.3) is 5.91 Å². The van der Waals surface area contributed by atoms with Crippen molar-refractivity contribution in [2.24, 2.45) is 0 Å². The van der Waals surface area contributed by atoms with Crippen LogP contribution in [0.1, 0.15) is 30.0 Å². The van der Waals surface area contributed by atoms with E-state index in [2.05, 4.69) is 11.4 Å². The van der Waals surface area contributed by atoms with Crippen molar-refractivity contribution in [1.82, 2.24) is 0 Å². The molecule has 1 amide bonds.